The number of imidazole rings is 1. The van der Waals surface area contributed by atoms with E-state index in [1.807, 2.05) is 10.6 Å². The summed E-state index contributed by atoms with van der Waals surface area (Å²) in [6.07, 6.45) is 2.09. The fourth-order valence-corrected chi connectivity index (χ4v) is 2.26. The molecule has 0 saturated carbocycles. The van der Waals surface area contributed by atoms with E-state index in [2.05, 4.69) is 10.1 Å². The minimum atomic E-state index is -0.327. The second-order valence-corrected chi connectivity index (χ2v) is 4.53. The van der Waals surface area contributed by atoms with E-state index in [1.165, 1.54) is 12.3 Å². The van der Waals surface area contributed by atoms with Gasteiger partial charge in [0.15, 0.2) is 5.82 Å². The van der Waals surface area contributed by atoms with Crippen molar-refractivity contribution in [3.63, 3.8) is 0 Å². The third kappa shape index (κ3) is 2.21. The Morgan fingerprint density at radius 2 is 2.21 bits per heavy atom. The number of para-hydroxylation sites is 1. The molecule has 0 amide bonds. The first-order valence-corrected chi connectivity index (χ1v) is 6.42. The standard InChI is InChI=1S/C13H11ClFN3O/c14-6-4-12-16-13-10(15)2-1-3-11(13)18(12)8-9-5-7-19-17-9/h1-3,5,7H,4,6,8H2. The van der Waals surface area contributed by atoms with Crippen molar-refractivity contribution in [2.45, 2.75) is 13.0 Å². The molecule has 0 spiro atoms. The van der Waals surface area contributed by atoms with Gasteiger partial charge in [0.25, 0.3) is 0 Å². The Labute approximate surface area is 113 Å². The van der Waals surface area contributed by atoms with Gasteiger partial charge in [-0.05, 0) is 12.1 Å². The van der Waals surface area contributed by atoms with Gasteiger partial charge in [0, 0.05) is 18.4 Å². The van der Waals surface area contributed by atoms with Gasteiger partial charge in [-0.15, -0.1) is 11.6 Å². The van der Waals surface area contributed by atoms with Crippen LogP contribution in [0.2, 0.25) is 0 Å². The zero-order valence-corrected chi connectivity index (χ0v) is 10.8. The van der Waals surface area contributed by atoms with Crippen molar-refractivity contribution in [1.82, 2.24) is 14.7 Å². The van der Waals surface area contributed by atoms with Gasteiger partial charge in [-0.1, -0.05) is 11.2 Å². The van der Waals surface area contributed by atoms with Gasteiger partial charge in [-0.25, -0.2) is 9.37 Å². The van der Waals surface area contributed by atoms with E-state index in [9.17, 15) is 4.39 Å². The van der Waals surface area contributed by atoms with E-state index in [0.29, 0.717) is 24.4 Å². The van der Waals surface area contributed by atoms with Crippen molar-refractivity contribution < 1.29 is 8.91 Å². The summed E-state index contributed by atoms with van der Waals surface area (Å²) in [7, 11) is 0. The Morgan fingerprint density at radius 1 is 1.32 bits per heavy atom. The van der Waals surface area contributed by atoms with E-state index in [0.717, 1.165) is 17.0 Å². The molecule has 3 aromatic rings. The Kier molecular flexibility index (Phi) is 3.21. The molecule has 19 heavy (non-hydrogen) atoms. The summed E-state index contributed by atoms with van der Waals surface area (Å²) < 4.78 is 20.5. The summed E-state index contributed by atoms with van der Waals surface area (Å²) in [5.41, 5.74) is 1.87. The van der Waals surface area contributed by atoms with Crippen molar-refractivity contribution in [3.8, 4) is 0 Å². The van der Waals surface area contributed by atoms with E-state index in [-0.39, 0.29) is 5.82 Å². The van der Waals surface area contributed by atoms with E-state index >= 15 is 0 Å². The van der Waals surface area contributed by atoms with Crippen LogP contribution in [0.15, 0.2) is 35.1 Å². The number of nitrogens with zero attached hydrogens (tertiary/aromatic N) is 3. The van der Waals surface area contributed by atoms with Crippen LogP contribution in [-0.4, -0.2) is 20.6 Å². The SMILES string of the molecule is Fc1cccc2c1nc(CCCl)n2Cc1ccon1. The normalized spacial score (nSPS) is 11.3. The lowest BCUT2D eigenvalue weighted by Gasteiger charge is -2.05. The van der Waals surface area contributed by atoms with Crippen LogP contribution in [0.3, 0.4) is 0 Å². The largest absolute Gasteiger partial charge is 0.364 e. The highest BCUT2D eigenvalue weighted by atomic mass is 35.5. The molecule has 0 aliphatic carbocycles. The van der Waals surface area contributed by atoms with Gasteiger partial charge in [-0.3, -0.25) is 0 Å². The van der Waals surface area contributed by atoms with Gasteiger partial charge in [-0.2, -0.15) is 0 Å². The number of fused-ring (bicyclic) bond motifs is 1. The number of hydrogen-bond acceptors (Lipinski definition) is 3. The van der Waals surface area contributed by atoms with Crippen molar-refractivity contribution in [1.29, 1.82) is 0 Å². The first kappa shape index (κ1) is 12.2. The molecule has 2 aromatic heterocycles. The van der Waals surface area contributed by atoms with Gasteiger partial charge in [0.2, 0.25) is 0 Å². The highest BCUT2D eigenvalue weighted by Gasteiger charge is 2.14. The minimum absolute atomic E-state index is 0.327. The van der Waals surface area contributed by atoms with Gasteiger partial charge >= 0.3 is 0 Å². The van der Waals surface area contributed by atoms with Crippen molar-refractivity contribution in [2.75, 3.05) is 5.88 Å². The molecule has 0 atom stereocenters. The molecule has 0 unspecified atom stereocenters. The van der Waals surface area contributed by atoms with Crippen LogP contribution in [-0.2, 0) is 13.0 Å². The van der Waals surface area contributed by atoms with Crippen LogP contribution >= 0.6 is 11.6 Å². The Morgan fingerprint density at radius 3 is 2.95 bits per heavy atom. The minimum Gasteiger partial charge on any atom is -0.364 e. The van der Waals surface area contributed by atoms with Crippen LogP contribution in [0.25, 0.3) is 11.0 Å². The number of rotatable bonds is 4. The summed E-state index contributed by atoms with van der Waals surface area (Å²) in [5, 5.41) is 3.87. The topological polar surface area (TPSA) is 43.9 Å². The number of benzene rings is 1. The first-order valence-electron chi connectivity index (χ1n) is 5.88. The quantitative estimate of drug-likeness (QED) is 0.690. The maximum atomic E-state index is 13.8. The summed E-state index contributed by atoms with van der Waals surface area (Å²) in [5.74, 6) is 0.856. The van der Waals surface area contributed by atoms with Crippen molar-refractivity contribution >= 4 is 22.6 Å². The molecule has 3 rings (SSSR count). The predicted molar refractivity (Wildman–Crippen MR) is 69.7 cm³/mol. The highest BCUT2D eigenvalue weighted by molar-refractivity contribution is 6.17. The van der Waals surface area contributed by atoms with Crippen LogP contribution in [0.1, 0.15) is 11.5 Å². The molecule has 0 radical (unpaired) electrons. The summed E-state index contributed by atoms with van der Waals surface area (Å²) in [6.45, 7) is 0.489. The predicted octanol–water partition coefficient (Wildman–Crippen LogP) is 2.99. The lowest BCUT2D eigenvalue weighted by atomic mass is 10.3. The highest BCUT2D eigenvalue weighted by Crippen LogP contribution is 2.20. The van der Waals surface area contributed by atoms with Gasteiger partial charge in [0.1, 0.15) is 23.3 Å². The van der Waals surface area contributed by atoms with Crippen LogP contribution in [0, 0.1) is 5.82 Å². The average molecular weight is 280 g/mol. The van der Waals surface area contributed by atoms with Crippen LogP contribution in [0.5, 0.6) is 0 Å². The van der Waals surface area contributed by atoms with Crippen LogP contribution < -0.4 is 0 Å². The average Bonchev–Trinajstić information content (AvgIpc) is 3.01. The number of alkyl halides is 1. The maximum absolute atomic E-state index is 13.8. The molecule has 0 aliphatic heterocycles. The second kappa shape index (κ2) is 5.01. The van der Waals surface area contributed by atoms with Crippen molar-refractivity contribution in [2.24, 2.45) is 0 Å². The third-order valence-electron chi connectivity index (χ3n) is 2.94. The fourth-order valence-electron chi connectivity index (χ4n) is 2.09. The van der Waals surface area contributed by atoms with E-state index in [4.69, 9.17) is 16.1 Å². The molecule has 0 saturated heterocycles. The number of aryl methyl sites for hydroxylation is 1. The molecule has 98 valence electrons. The van der Waals surface area contributed by atoms with Crippen LogP contribution in [0.4, 0.5) is 4.39 Å². The first-order chi connectivity index (χ1) is 9.29. The third-order valence-corrected chi connectivity index (χ3v) is 3.13. The maximum Gasteiger partial charge on any atom is 0.151 e. The monoisotopic (exact) mass is 279 g/mol. The molecule has 6 heteroatoms. The summed E-state index contributed by atoms with van der Waals surface area (Å²) in [4.78, 5) is 4.33. The zero-order chi connectivity index (χ0) is 13.2. The molecular weight excluding hydrogens is 269 g/mol. The lowest BCUT2D eigenvalue weighted by Crippen LogP contribution is -2.06. The number of hydrogen-bond donors (Lipinski definition) is 0. The molecule has 1 aromatic carbocycles. The van der Waals surface area contributed by atoms with Gasteiger partial charge in [0.05, 0.1) is 12.1 Å². The number of halogens is 2. The molecule has 0 fully saturated rings. The molecular formula is C13H11ClFN3O. The molecule has 4 nitrogen and oxygen atoms in total. The Balaban J connectivity index is 2.13. The van der Waals surface area contributed by atoms with E-state index in [1.54, 1.807) is 12.1 Å². The fraction of sp³-hybridized carbons (Fsp3) is 0.231. The molecule has 0 bridgehead atoms. The van der Waals surface area contributed by atoms with E-state index < -0.39 is 0 Å². The Bertz CT molecular complexity index is 693. The molecule has 0 aliphatic rings. The molecule has 2 heterocycles. The Hall–Kier alpha value is -1.88. The van der Waals surface area contributed by atoms with Crippen molar-refractivity contribution in [3.05, 3.63) is 47.9 Å². The number of aromatic nitrogens is 3. The second-order valence-electron chi connectivity index (χ2n) is 4.15. The van der Waals surface area contributed by atoms with Gasteiger partial charge < -0.3 is 9.09 Å². The summed E-state index contributed by atoms with van der Waals surface area (Å²) in [6, 6.07) is 6.68. The zero-order valence-electron chi connectivity index (χ0n) is 10.0. The lowest BCUT2D eigenvalue weighted by molar-refractivity contribution is 0.409. The molecule has 0 N–H and O–H groups in total. The summed E-state index contributed by atoms with van der Waals surface area (Å²) >= 11 is 5.78. The smallest absolute Gasteiger partial charge is 0.151 e.